The molecule has 0 saturated heterocycles. The van der Waals surface area contributed by atoms with E-state index < -0.39 is 0 Å². The van der Waals surface area contributed by atoms with Crippen LogP contribution < -0.4 is 10.6 Å². The molecule has 7 heteroatoms. The summed E-state index contributed by atoms with van der Waals surface area (Å²) in [4.78, 5) is 25.1. The zero-order valence-electron chi connectivity index (χ0n) is 17.1. The van der Waals surface area contributed by atoms with Crippen molar-refractivity contribution in [3.63, 3.8) is 0 Å². The molecule has 0 unspecified atom stereocenters. The highest BCUT2D eigenvalue weighted by molar-refractivity contribution is 5.79. The van der Waals surface area contributed by atoms with Crippen LogP contribution in [0.5, 0.6) is 0 Å². The van der Waals surface area contributed by atoms with Crippen molar-refractivity contribution >= 4 is 11.8 Å². The number of hydrogen-bond acceptors (Lipinski definition) is 4. The van der Waals surface area contributed by atoms with Crippen LogP contribution in [-0.2, 0) is 27.3 Å². The van der Waals surface area contributed by atoms with E-state index in [-0.39, 0.29) is 29.9 Å². The Morgan fingerprint density at radius 2 is 2.10 bits per heavy atom. The van der Waals surface area contributed by atoms with Gasteiger partial charge in [0.1, 0.15) is 0 Å². The first kappa shape index (κ1) is 21.0. The Morgan fingerprint density at radius 3 is 2.83 bits per heavy atom. The van der Waals surface area contributed by atoms with Crippen molar-refractivity contribution in [3.8, 4) is 0 Å². The molecule has 1 aromatic heterocycles. The van der Waals surface area contributed by atoms with Crippen LogP contribution in [0, 0.1) is 12.8 Å². The summed E-state index contributed by atoms with van der Waals surface area (Å²) in [5, 5.41) is 12.8. The number of nitrogens with one attached hydrogen (secondary N) is 3. The molecule has 1 aliphatic carbocycles. The maximum Gasteiger partial charge on any atom is 0.223 e. The molecule has 1 aromatic carbocycles. The number of methoxy groups -OCH3 is 1. The van der Waals surface area contributed by atoms with Gasteiger partial charge in [-0.15, -0.1) is 0 Å². The lowest BCUT2D eigenvalue weighted by atomic mass is 9.83. The molecule has 0 bridgehead atoms. The van der Waals surface area contributed by atoms with E-state index in [0.717, 1.165) is 24.0 Å². The molecule has 2 aromatic rings. The summed E-state index contributed by atoms with van der Waals surface area (Å²) in [6.45, 7) is 2.57. The van der Waals surface area contributed by atoms with Crippen molar-refractivity contribution < 1.29 is 14.3 Å². The summed E-state index contributed by atoms with van der Waals surface area (Å²) >= 11 is 0. The van der Waals surface area contributed by atoms with Crippen molar-refractivity contribution in [2.75, 3.05) is 7.11 Å². The SMILES string of the molecule is CO[C@@H]1CC[C@H](C(=O)NCc2ccccc2C)C[C@H]1NC(=O)CCc1cn[nH]c1. The third-order valence-electron chi connectivity index (χ3n) is 5.72. The Labute approximate surface area is 171 Å². The standard InChI is InChI=1S/C22H30N4O3/c1-15-5-3-4-6-18(15)14-23-22(28)17-8-9-20(29-2)19(11-17)26-21(27)10-7-16-12-24-25-13-16/h3-6,12-13,17,19-20H,7-11,14H2,1-2H3,(H,23,28)(H,24,25)(H,26,27)/t17-,19+,20+/m0/s1. The average molecular weight is 399 g/mol. The first-order valence-electron chi connectivity index (χ1n) is 10.2. The van der Waals surface area contributed by atoms with Gasteiger partial charge in [0.15, 0.2) is 0 Å². The predicted molar refractivity (Wildman–Crippen MR) is 110 cm³/mol. The van der Waals surface area contributed by atoms with Crippen LogP contribution >= 0.6 is 0 Å². The highest BCUT2D eigenvalue weighted by Gasteiger charge is 2.34. The van der Waals surface area contributed by atoms with Gasteiger partial charge in [-0.3, -0.25) is 14.7 Å². The van der Waals surface area contributed by atoms with Crippen molar-refractivity contribution in [1.29, 1.82) is 0 Å². The Hall–Kier alpha value is -2.67. The lowest BCUT2D eigenvalue weighted by Crippen LogP contribution is -2.50. The monoisotopic (exact) mass is 398 g/mol. The van der Waals surface area contributed by atoms with Crippen LogP contribution in [0.15, 0.2) is 36.7 Å². The second-order valence-corrected chi connectivity index (χ2v) is 7.71. The third kappa shape index (κ3) is 5.90. The van der Waals surface area contributed by atoms with Crippen LogP contribution in [0.2, 0.25) is 0 Å². The maximum absolute atomic E-state index is 12.7. The molecule has 1 aliphatic rings. The summed E-state index contributed by atoms with van der Waals surface area (Å²) in [6.07, 6.45) is 6.58. The second kappa shape index (κ2) is 10.2. The number of nitrogens with zero attached hydrogens (tertiary/aromatic N) is 1. The number of carbonyl (C=O) groups excluding carboxylic acids is 2. The molecule has 2 amide bonds. The van der Waals surface area contributed by atoms with Crippen LogP contribution in [-0.4, -0.2) is 41.3 Å². The molecule has 1 saturated carbocycles. The van der Waals surface area contributed by atoms with Crippen LogP contribution in [0.1, 0.15) is 42.4 Å². The minimum Gasteiger partial charge on any atom is -0.379 e. The molecule has 29 heavy (non-hydrogen) atoms. The number of amides is 2. The summed E-state index contributed by atoms with van der Waals surface area (Å²) in [6, 6.07) is 7.89. The van der Waals surface area contributed by atoms with Gasteiger partial charge in [-0.25, -0.2) is 0 Å². The fourth-order valence-electron chi connectivity index (χ4n) is 3.90. The molecule has 3 N–H and O–H groups in total. The van der Waals surface area contributed by atoms with Gasteiger partial charge in [0.25, 0.3) is 0 Å². The van der Waals surface area contributed by atoms with Crippen molar-refractivity contribution in [2.24, 2.45) is 5.92 Å². The summed E-state index contributed by atoms with van der Waals surface area (Å²) in [5.41, 5.74) is 3.29. The third-order valence-corrected chi connectivity index (χ3v) is 5.72. The van der Waals surface area contributed by atoms with E-state index in [1.807, 2.05) is 31.2 Å². The smallest absolute Gasteiger partial charge is 0.223 e. The quantitative estimate of drug-likeness (QED) is 0.636. The van der Waals surface area contributed by atoms with Gasteiger partial charge < -0.3 is 15.4 Å². The normalized spacial score (nSPS) is 21.5. The zero-order chi connectivity index (χ0) is 20.6. The molecule has 0 aliphatic heterocycles. The van der Waals surface area contributed by atoms with E-state index in [4.69, 9.17) is 4.74 Å². The van der Waals surface area contributed by atoms with E-state index in [9.17, 15) is 9.59 Å². The number of hydrogen-bond donors (Lipinski definition) is 3. The largest absolute Gasteiger partial charge is 0.379 e. The fourth-order valence-corrected chi connectivity index (χ4v) is 3.90. The fraction of sp³-hybridized carbons (Fsp3) is 0.500. The Bertz CT molecular complexity index is 806. The van der Waals surface area contributed by atoms with Gasteiger partial charge in [-0.2, -0.15) is 5.10 Å². The van der Waals surface area contributed by atoms with Crippen LogP contribution in [0.25, 0.3) is 0 Å². The van der Waals surface area contributed by atoms with Crippen LogP contribution in [0.4, 0.5) is 0 Å². The number of aryl methyl sites for hydroxylation is 2. The minimum atomic E-state index is -0.153. The molecule has 3 rings (SSSR count). The lowest BCUT2D eigenvalue weighted by Gasteiger charge is -2.35. The van der Waals surface area contributed by atoms with Gasteiger partial charge in [0, 0.05) is 32.2 Å². The van der Waals surface area contributed by atoms with Gasteiger partial charge >= 0.3 is 0 Å². The van der Waals surface area contributed by atoms with Crippen molar-refractivity contribution in [1.82, 2.24) is 20.8 Å². The van der Waals surface area contributed by atoms with Crippen LogP contribution in [0.3, 0.4) is 0 Å². The maximum atomic E-state index is 12.7. The summed E-state index contributed by atoms with van der Waals surface area (Å²) in [7, 11) is 1.66. The molecule has 0 spiro atoms. The Kier molecular flexibility index (Phi) is 7.41. The van der Waals surface area contributed by atoms with E-state index in [2.05, 4.69) is 20.8 Å². The molecular weight excluding hydrogens is 368 g/mol. The number of rotatable bonds is 8. The van der Waals surface area contributed by atoms with E-state index in [0.29, 0.717) is 25.8 Å². The molecule has 3 atom stereocenters. The number of benzene rings is 1. The molecule has 156 valence electrons. The second-order valence-electron chi connectivity index (χ2n) is 7.71. The van der Waals surface area contributed by atoms with Gasteiger partial charge in [-0.1, -0.05) is 24.3 Å². The van der Waals surface area contributed by atoms with Gasteiger partial charge in [0.2, 0.25) is 11.8 Å². The number of carbonyl (C=O) groups is 2. The number of ether oxygens (including phenoxy) is 1. The van der Waals surface area contributed by atoms with Gasteiger partial charge in [0.05, 0.1) is 18.3 Å². The lowest BCUT2D eigenvalue weighted by molar-refractivity contribution is -0.130. The molecule has 0 radical (unpaired) electrons. The topological polar surface area (TPSA) is 96.1 Å². The number of H-pyrrole nitrogens is 1. The van der Waals surface area contributed by atoms with E-state index in [1.54, 1.807) is 19.5 Å². The van der Waals surface area contributed by atoms with Gasteiger partial charge in [-0.05, 0) is 49.3 Å². The first-order valence-corrected chi connectivity index (χ1v) is 10.2. The predicted octanol–water partition coefficient (Wildman–Crippen LogP) is 2.27. The number of aromatic nitrogens is 2. The zero-order valence-corrected chi connectivity index (χ0v) is 17.1. The van der Waals surface area contributed by atoms with Crippen molar-refractivity contribution in [3.05, 3.63) is 53.3 Å². The summed E-state index contributed by atoms with van der Waals surface area (Å²) < 4.78 is 5.57. The molecule has 1 heterocycles. The van der Waals surface area contributed by atoms with E-state index >= 15 is 0 Å². The average Bonchev–Trinajstić information content (AvgIpc) is 3.25. The van der Waals surface area contributed by atoms with Crippen molar-refractivity contribution in [2.45, 2.75) is 57.7 Å². The highest BCUT2D eigenvalue weighted by atomic mass is 16.5. The summed E-state index contributed by atoms with van der Waals surface area (Å²) in [5.74, 6) is -0.107. The molecule has 1 fully saturated rings. The Morgan fingerprint density at radius 1 is 1.28 bits per heavy atom. The first-order chi connectivity index (χ1) is 14.1. The molecule has 7 nitrogen and oxygen atoms in total. The van der Waals surface area contributed by atoms with E-state index in [1.165, 1.54) is 5.56 Å². The highest BCUT2D eigenvalue weighted by Crippen LogP contribution is 2.27. The Balaban J connectivity index is 1.51. The molecular formula is C22H30N4O3. The minimum absolute atomic E-state index is 0.0285. The number of aromatic amines is 1.